The lowest BCUT2D eigenvalue weighted by Gasteiger charge is -2.40. The van der Waals surface area contributed by atoms with Crippen molar-refractivity contribution < 1.29 is 4.74 Å². The molecule has 5 nitrogen and oxygen atoms in total. The minimum atomic E-state index is 0. The van der Waals surface area contributed by atoms with Crippen molar-refractivity contribution in [3.05, 3.63) is 0 Å². The van der Waals surface area contributed by atoms with Crippen LogP contribution in [0.3, 0.4) is 0 Å². The van der Waals surface area contributed by atoms with E-state index >= 15 is 0 Å². The van der Waals surface area contributed by atoms with E-state index in [1.54, 1.807) is 0 Å². The van der Waals surface area contributed by atoms with Gasteiger partial charge in [0.15, 0.2) is 5.96 Å². The summed E-state index contributed by atoms with van der Waals surface area (Å²) in [4.78, 5) is 7.76. The van der Waals surface area contributed by atoms with Crippen molar-refractivity contribution in [1.29, 1.82) is 0 Å². The van der Waals surface area contributed by atoms with Crippen LogP contribution in [0.2, 0.25) is 0 Å². The fourth-order valence-corrected chi connectivity index (χ4v) is 5.56. The third kappa shape index (κ3) is 7.80. The maximum absolute atomic E-state index is 6.15. The third-order valence-corrected chi connectivity index (χ3v) is 7.09. The van der Waals surface area contributed by atoms with E-state index in [4.69, 9.17) is 9.73 Å². The zero-order valence-corrected chi connectivity index (χ0v) is 22.3. The van der Waals surface area contributed by atoms with Gasteiger partial charge >= 0.3 is 0 Å². The molecule has 0 aromatic rings. The van der Waals surface area contributed by atoms with E-state index in [9.17, 15) is 0 Å². The third-order valence-electron chi connectivity index (χ3n) is 7.09. The number of aliphatic imine (C=N–C) groups is 1. The van der Waals surface area contributed by atoms with Crippen LogP contribution < -0.4 is 10.6 Å². The SMILES string of the molecule is CCNC(=NCC1CCCOC1C(C)(C)C)NC1CCN(C2CCCCC2)CC1.I. The lowest BCUT2D eigenvalue weighted by molar-refractivity contribution is -0.0823. The van der Waals surface area contributed by atoms with Crippen molar-refractivity contribution in [3.8, 4) is 0 Å². The van der Waals surface area contributed by atoms with Crippen LogP contribution in [0.15, 0.2) is 4.99 Å². The summed E-state index contributed by atoms with van der Waals surface area (Å²) in [6.07, 6.45) is 12.3. The summed E-state index contributed by atoms with van der Waals surface area (Å²) in [7, 11) is 0. The van der Waals surface area contributed by atoms with Crippen molar-refractivity contribution >= 4 is 29.9 Å². The Labute approximate surface area is 202 Å². The van der Waals surface area contributed by atoms with Crippen LogP contribution in [0.4, 0.5) is 0 Å². The van der Waals surface area contributed by atoms with Gasteiger partial charge in [-0.3, -0.25) is 4.99 Å². The Morgan fingerprint density at radius 3 is 2.33 bits per heavy atom. The van der Waals surface area contributed by atoms with Crippen LogP contribution in [0, 0.1) is 11.3 Å². The van der Waals surface area contributed by atoms with Crippen molar-refractivity contribution in [3.63, 3.8) is 0 Å². The minimum Gasteiger partial charge on any atom is -0.377 e. The number of likely N-dealkylation sites (tertiary alicyclic amines) is 1. The normalized spacial score (nSPS) is 28.1. The number of nitrogens with one attached hydrogen (secondary N) is 2. The molecule has 3 fully saturated rings. The quantitative estimate of drug-likeness (QED) is 0.302. The standard InChI is InChI=1S/C24H46N4O.HI/c1-5-25-23(26-18-19-10-9-17-29-22(19)24(2,3)4)27-20-13-15-28(16-14-20)21-11-7-6-8-12-21;/h19-22H,5-18H2,1-4H3,(H2,25,26,27);1H. The predicted molar refractivity (Wildman–Crippen MR) is 138 cm³/mol. The van der Waals surface area contributed by atoms with Gasteiger partial charge in [0.2, 0.25) is 0 Å². The second-order valence-electron chi connectivity index (χ2n) is 10.5. The van der Waals surface area contributed by atoms with Crippen molar-refractivity contribution in [1.82, 2.24) is 15.5 Å². The van der Waals surface area contributed by atoms with E-state index in [0.29, 0.717) is 18.1 Å². The number of rotatable bonds is 5. The minimum absolute atomic E-state index is 0. The summed E-state index contributed by atoms with van der Waals surface area (Å²) >= 11 is 0. The van der Waals surface area contributed by atoms with Crippen LogP contribution in [0.25, 0.3) is 0 Å². The Balaban J connectivity index is 0.00000320. The number of nitrogens with zero attached hydrogens (tertiary/aromatic N) is 2. The van der Waals surface area contributed by atoms with Gasteiger partial charge in [-0.15, -0.1) is 24.0 Å². The fraction of sp³-hybridized carbons (Fsp3) is 0.958. The van der Waals surface area contributed by atoms with Gasteiger partial charge in [-0.05, 0) is 50.9 Å². The molecule has 2 unspecified atom stereocenters. The van der Waals surface area contributed by atoms with Gasteiger partial charge in [-0.25, -0.2) is 0 Å². The van der Waals surface area contributed by atoms with Crippen molar-refractivity contribution in [2.75, 3.05) is 32.8 Å². The van der Waals surface area contributed by atoms with Crippen LogP contribution in [0.5, 0.6) is 0 Å². The van der Waals surface area contributed by atoms with Crippen LogP contribution >= 0.6 is 24.0 Å². The number of ether oxygens (including phenoxy) is 1. The molecule has 3 rings (SSSR count). The van der Waals surface area contributed by atoms with E-state index in [1.165, 1.54) is 64.5 Å². The maximum atomic E-state index is 6.15. The molecule has 2 heterocycles. The highest BCUT2D eigenvalue weighted by molar-refractivity contribution is 14.0. The molecular weight excluding hydrogens is 487 g/mol. The van der Waals surface area contributed by atoms with Crippen molar-refractivity contribution in [2.24, 2.45) is 16.3 Å². The Morgan fingerprint density at radius 2 is 1.70 bits per heavy atom. The summed E-state index contributed by atoms with van der Waals surface area (Å²) < 4.78 is 6.15. The fourth-order valence-electron chi connectivity index (χ4n) is 5.56. The summed E-state index contributed by atoms with van der Waals surface area (Å²) in [6.45, 7) is 14.2. The average molecular weight is 535 g/mol. The Bertz CT molecular complexity index is 508. The first-order chi connectivity index (χ1) is 14.0. The molecule has 2 N–H and O–H groups in total. The van der Waals surface area contributed by atoms with E-state index in [2.05, 4.69) is 43.2 Å². The lowest BCUT2D eigenvalue weighted by atomic mass is 9.78. The van der Waals surface area contributed by atoms with Crippen molar-refractivity contribution in [2.45, 2.75) is 104 Å². The first kappa shape index (κ1) is 26.2. The van der Waals surface area contributed by atoms with Gasteiger partial charge in [0.05, 0.1) is 6.10 Å². The van der Waals surface area contributed by atoms with E-state index in [-0.39, 0.29) is 29.4 Å². The van der Waals surface area contributed by atoms with Crippen LogP contribution in [-0.4, -0.2) is 61.8 Å². The molecule has 0 amide bonds. The molecule has 2 aliphatic heterocycles. The highest BCUT2D eigenvalue weighted by atomic mass is 127. The van der Waals surface area contributed by atoms with E-state index in [0.717, 1.165) is 38.1 Å². The van der Waals surface area contributed by atoms with E-state index < -0.39 is 0 Å². The maximum Gasteiger partial charge on any atom is 0.191 e. The Morgan fingerprint density at radius 1 is 1.00 bits per heavy atom. The summed E-state index contributed by atoms with van der Waals surface area (Å²) in [5.41, 5.74) is 0.179. The van der Waals surface area contributed by atoms with Gasteiger partial charge in [0.25, 0.3) is 0 Å². The van der Waals surface area contributed by atoms with E-state index in [1.807, 2.05) is 0 Å². The molecular formula is C24H47IN4O. The number of guanidine groups is 1. The molecule has 2 saturated heterocycles. The largest absolute Gasteiger partial charge is 0.377 e. The van der Waals surface area contributed by atoms with Crippen LogP contribution in [0.1, 0.15) is 85.5 Å². The monoisotopic (exact) mass is 534 g/mol. The van der Waals surface area contributed by atoms with Gasteiger partial charge in [-0.1, -0.05) is 40.0 Å². The number of hydrogen-bond donors (Lipinski definition) is 2. The molecule has 0 aromatic carbocycles. The molecule has 176 valence electrons. The zero-order valence-electron chi connectivity index (χ0n) is 19.9. The van der Waals surface area contributed by atoms with Gasteiger partial charge in [-0.2, -0.15) is 0 Å². The molecule has 1 saturated carbocycles. The summed E-state index contributed by atoms with van der Waals surface area (Å²) in [6, 6.07) is 1.40. The van der Waals surface area contributed by atoms with Gasteiger partial charge in [0.1, 0.15) is 0 Å². The molecule has 0 spiro atoms. The van der Waals surface area contributed by atoms with Crippen LogP contribution in [-0.2, 0) is 4.74 Å². The summed E-state index contributed by atoms with van der Waals surface area (Å²) in [5, 5.41) is 7.23. The second kappa shape index (κ2) is 12.8. The molecule has 1 aliphatic carbocycles. The molecule has 2 atom stereocenters. The zero-order chi connectivity index (χ0) is 20.7. The summed E-state index contributed by atoms with van der Waals surface area (Å²) in [5.74, 6) is 1.52. The molecule has 3 aliphatic rings. The molecule has 30 heavy (non-hydrogen) atoms. The first-order valence-electron chi connectivity index (χ1n) is 12.4. The van der Waals surface area contributed by atoms with Gasteiger partial charge in [0, 0.05) is 50.8 Å². The Kier molecular flexibility index (Phi) is 11.2. The number of halogens is 1. The predicted octanol–water partition coefficient (Wildman–Crippen LogP) is 4.80. The van der Waals surface area contributed by atoms with Gasteiger partial charge < -0.3 is 20.3 Å². The highest BCUT2D eigenvalue weighted by Crippen LogP contribution is 2.34. The Hall–Kier alpha value is -0.0800. The second-order valence-corrected chi connectivity index (χ2v) is 10.5. The first-order valence-corrected chi connectivity index (χ1v) is 12.4. The topological polar surface area (TPSA) is 48.9 Å². The smallest absolute Gasteiger partial charge is 0.191 e. The molecule has 6 heteroatoms. The molecule has 0 radical (unpaired) electrons. The molecule has 0 bridgehead atoms. The average Bonchev–Trinajstić information content (AvgIpc) is 2.73. The lowest BCUT2D eigenvalue weighted by Crippen LogP contribution is -2.51. The highest BCUT2D eigenvalue weighted by Gasteiger charge is 2.35. The number of hydrogen-bond acceptors (Lipinski definition) is 3. The number of piperidine rings is 1. The molecule has 0 aromatic heterocycles.